The number of allylic oxidation sites excluding steroid dienone is 1. The second kappa shape index (κ2) is 7.33. The normalized spacial score (nSPS) is 17.1. The van der Waals surface area contributed by atoms with Crippen molar-refractivity contribution in [2.45, 2.75) is 45.1 Å². The van der Waals surface area contributed by atoms with Crippen LogP contribution in [0.3, 0.4) is 0 Å². The molecule has 1 aliphatic rings. The lowest BCUT2D eigenvalue weighted by molar-refractivity contribution is 0.547. The van der Waals surface area contributed by atoms with Crippen LogP contribution in [0.5, 0.6) is 0 Å². The molecule has 3 heteroatoms. The Morgan fingerprint density at radius 3 is 2.53 bits per heavy atom. The van der Waals surface area contributed by atoms with Crippen molar-refractivity contribution in [3.63, 3.8) is 0 Å². The lowest BCUT2D eigenvalue weighted by atomic mass is 9.89. The second-order valence-electron chi connectivity index (χ2n) is 5.05. The average molecular weight is 298 g/mol. The molecule has 1 unspecified atom stereocenters. The van der Waals surface area contributed by atoms with Crippen molar-refractivity contribution < 1.29 is 0 Å². The van der Waals surface area contributed by atoms with E-state index in [1.54, 1.807) is 0 Å². The summed E-state index contributed by atoms with van der Waals surface area (Å²) in [5.74, 6) is 0. The van der Waals surface area contributed by atoms with Crippen molar-refractivity contribution in [1.82, 2.24) is 5.32 Å². The maximum absolute atomic E-state index is 6.37. The second-order valence-corrected chi connectivity index (χ2v) is 5.86. The molecule has 1 aromatic rings. The number of halogens is 2. The third-order valence-corrected chi connectivity index (χ3v) is 4.24. The Morgan fingerprint density at radius 2 is 1.95 bits per heavy atom. The van der Waals surface area contributed by atoms with E-state index >= 15 is 0 Å². The Kier molecular flexibility index (Phi) is 5.75. The summed E-state index contributed by atoms with van der Waals surface area (Å²) in [4.78, 5) is 0. The van der Waals surface area contributed by atoms with Crippen molar-refractivity contribution in [1.29, 1.82) is 0 Å². The van der Waals surface area contributed by atoms with Crippen LogP contribution in [0, 0.1) is 0 Å². The standard InChI is InChI=1S/C16H21Cl2N/c1-2-11-19-16(12-7-4-3-5-8-12)15-13(17)9-6-10-14(15)18/h6-7,9-10,16,19H,2-5,8,11H2,1H3. The molecule has 0 saturated heterocycles. The van der Waals surface area contributed by atoms with Gasteiger partial charge < -0.3 is 5.32 Å². The molecule has 0 aromatic heterocycles. The van der Waals surface area contributed by atoms with E-state index in [1.807, 2.05) is 18.2 Å². The maximum atomic E-state index is 6.37. The molecule has 0 fully saturated rings. The van der Waals surface area contributed by atoms with E-state index in [4.69, 9.17) is 23.2 Å². The Hall–Kier alpha value is -0.500. The summed E-state index contributed by atoms with van der Waals surface area (Å²) in [5, 5.41) is 5.11. The number of nitrogens with one attached hydrogen (secondary N) is 1. The van der Waals surface area contributed by atoms with E-state index in [9.17, 15) is 0 Å². The largest absolute Gasteiger partial charge is 0.306 e. The Morgan fingerprint density at radius 1 is 1.21 bits per heavy atom. The molecule has 1 N–H and O–H groups in total. The van der Waals surface area contributed by atoms with Gasteiger partial charge in [-0.2, -0.15) is 0 Å². The Labute approximate surface area is 126 Å². The quantitative estimate of drug-likeness (QED) is 0.704. The zero-order chi connectivity index (χ0) is 13.7. The van der Waals surface area contributed by atoms with Gasteiger partial charge in [-0.15, -0.1) is 0 Å². The molecule has 0 spiro atoms. The lowest BCUT2D eigenvalue weighted by Gasteiger charge is -2.26. The third-order valence-electron chi connectivity index (χ3n) is 3.58. The van der Waals surface area contributed by atoms with Crippen LogP contribution in [0.25, 0.3) is 0 Å². The first kappa shape index (κ1) is 14.9. The first-order valence-electron chi connectivity index (χ1n) is 7.10. The molecule has 0 heterocycles. The van der Waals surface area contributed by atoms with Crippen molar-refractivity contribution in [2.24, 2.45) is 0 Å². The van der Waals surface area contributed by atoms with Crippen LogP contribution in [0.4, 0.5) is 0 Å². The fourth-order valence-corrected chi connectivity index (χ4v) is 3.23. The summed E-state index contributed by atoms with van der Waals surface area (Å²) in [5.41, 5.74) is 2.47. The molecule has 0 radical (unpaired) electrons. The van der Waals surface area contributed by atoms with Gasteiger partial charge in [-0.1, -0.05) is 47.8 Å². The van der Waals surface area contributed by atoms with E-state index in [1.165, 1.54) is 24.8 Å². The molecule has 104 valence electrons. The molecule has 0 saturated carbocycles. The van der Waals surface area contributed by atoms with Gasteiger partial charge in [0, 0.05) is 15.6 Å². The van der Waals surface area contributed by atoms with Crippen molar-refractivity contribution >= 4 is 23.2 Å². The number of benzene rings is 1. The minimum Gasteiger partial charge on any atom is -0.306 e. The Balaban J connectivity index is 2.33. The smallest absolute Gasteiger partial charge is 0.0565 e. The van der Waals surface area contributed by atoms with E-state index in [2.05, 4.69) is 18.3 Å². The molecule has 0 aliphatic heterocycles. The Bertz CT molecular complexity index is 434. The SMILES string of the molecule is CCCNC(C1=CCCCC1)c1c(Cl)cccc1Cl. The molecular formula is C16H21Cl2N. The van der Waals surface area contributed by atoms with E-state index in [0.717, 1.165) is 35.0 Å². The zero-order valence-corrected chi connectivity index (χ0v) is 12.9. The predicted molar refractivity (Wildman–Crippen MR) is 84.0 cm³/mol. The third kappa shape index (κ3) is 3.75. The van der Waals surface area contributed by atoms with Gasteiger partial charge in [-0.3, -0.25) is 0 Å². The summed E-state index contributed by atoms with van der Waals surface area (Å²) in [6, 6.07) is 5.92. The molecule has 1 nitrogen and oxygen atoms in total. The van der Waals surface area contributed by atoms with Gasteiger partial charge in [0.1, 0.15) is 0 Å². The van der Waals surface area contributed by atoms with E-state index < -0.39 is 0 Å². The fourth-order valence-electron chi connectivity index (χ4n) is 2.62. The topological polar surface area (TPSA) is 12.0 Å². The molecule has 1 atom stereocenters. The van der Waals surface area contributed by atoms with Crippen LogP contribution in [-0.2, 0) is 0 Å². The summed E-state index contributed by atoms with van der Waals surface area (Å²) < 4.78 is 0. The number of rotatable bonds is 5. The summed E-state index contributed by atoms with van der Waals surface area (Å²) >= 11 is 12.7. The summed E-state index contributed by atoms with van der Waals surface area (Å²) in [6.07, 6.45) is 8.32. The van der Waals surface area contributed by atoms with Gasteiger partial charge in [0.25, 0.3) is 0 Å². The summed E-state index contributed by atoms with van der Waals surface area (Å²) in [6.45, 7) is 3.15. The highest BCUT2D eigenvalue weighted by atomic mass is 35.5. The molecule has 1 aromatic carbocycles. The number of hydrogen-bond donors (Lipinski definition) is 1. The molecule has 19 heavy (non-hydrogen) atoms. The maximum Gasteiger partial charge on any atom is 0.0565 e. The molecule has 0 amide bonds. The van der Waals surface area contributed by atoms with Gasteiger partial charge in [0.05, 0.1) is 6.04 Å². The minimum absolute atomic E-state index is 0.168. The van der Waals surface area contributed by atoms with Crippen LogP contribution in [0.1, 0.15) is 50.6 Å². The van der Waals surface area contributed by atoms with Crippen LogP contribution in [-0.4, -0.2) is 6.54 Å². The lowest BCUT2D eigenvalue weighted by Crippen LogP contribution is -2.25. The first-order valence-corrected chi connectivity index (χ1v) is 7.86. The van der Waals surface area contributed by atoms with Gasteiger partial charge in [0.2, 0.25) is 0 Å². The average Bonchev–Trinajstić information content (AvgIpc) is 2.43. The van der Waals surface area contributed by atoms with Crippen molar-refractivity contribution in [3.05, 3.63) is 45.5 Å². The van der Waals surface area contributed by atoms with Crippen LogP contribution < -0.4 is 5.32 Å². The highest BCUT2D eigenvalue weighted by Crippen LogP contribution is 2.37. The molecular weight excluding hydrogens is 277 g/mol. The van der Waals surface area contributed by atoms with Gasteiger partial charge in [0.15, 0.2) is 0 Å². The summed E-state index contributed by atoms with van der Waals surface area (Å²) in [7, 11) is 0. The van der Waals surface area contributed by atoms with Crippen molar-refractivity contribution in [3.8, 4) is 0 Å². The van der Waals surface area contributed by atoms with Crippen LogP contribution in [0.15, 0.2) is 29.8 Å². The van der Waals surface area contributed by atoms with Gasteiger partial charge >= 0.3 is 0 Å². The molecule has 1 aliphatic carbocycles. The van der Waals surface area contributed by atoms with Crippen molar-refractivity contribution in [2.75, 3.05) is 6.54 Å². The minimum atomic E-state index is 0.168. The van der Waals surface area contributed by atoms with Crippen LogP contribution >= 0.6 is 23.2 Å². The highest BCUT2D eigenvalue weighted by Gasteiger charge is 2.22. The highest BCUT2D eigenvalue weighted by molar-refractivity contribution is 6.36. The zero-order valence-electron chi connectivity index (χ0n) is 11.4. The van der Waals surface area contributed by atoms with E-state index in [-0.39, 0.29) is 6.04 Å². The molecule has 2 rings (SSSR count). The van der Waals surface area contributed by atoms with E-state index in [0.29, 0.717) is 0 Å². The van der Waals surface area contributed by atoms with Gasteiger partial charge in [-0.25, -0.2) is 0 Å². The first-order chi connectivity index (χ1) is 9.24. The predicted octanol–water partition coefficient (Wildman–Crippen LogP) is 5.53. The molecule has 0 bridgehead atoms. The number of hydrogen-bond acceptors (Lipinski definition) is 1. The van der Waals surface area contributed by atoms with Crippen LogP contribution in [0.2, 0.25) is 10.0 Å². The van der Waals surface area contributed by atoms with Gasteiger partial charge in [-0.05, 0) is 50.8 Å². The fraction of sp³-hybridized carbons (Fsp3) is 0.500. The monoisotopic (exact) mass is 297 g/mol.